The molecule has 1 unspecified atom stereocenters. The Kier molecular flexibility index (Phi) is 7.67. The number of carbonyl (C=O) groups is 1. The first-order valence-electron chi connectivity index (χ1n) is 11.7. The fourth-order valence-corrected chi connectivity index (χ4v) is 4.31. The average molecular weight is 474 g/mol. The molecule has 0 saturated heterocycles. The summed E-state index contributed by atoms with van der Waals surface area (Å²) >= 11 is 0. The van der Waals surface area contributed by atoms with Crippen molar-refractivity contribution in [3.63, 3.8) is 0 Å². The number of nitrogens with zero attached hydrogens (tertiary/aromatic N) is 3. The molecule has 7 heteroatoms. The van der Waals surface area contributed by atoms with Crippen LogP contribution in [0.3, 0.4) is 0 Å². The Morgan fingerprint density at radius 1 is 1.06 bits per heavy atom. The smallest absolute Gasteiger partial charge is 0.266 e. The van der Waals surface area contributed by atoms with Crippen LogP contribution in [0.1, 0.15) is 42.0 Å². The van der Waals surface area contributed by atoms with Gasteiger partial charge in [0.25, 0.3) is 11.5 Å². The molecular formula is C28H28FN3O3. The molecule has 0 N–H and O–H groups in total. The van der Waals surface area contributed by atoms with Crippen LogP contribution in [-0.2, 0) is 4.74 Å². The number of hydrogen-bond donors (Lipinski definition) is 0. The van der Waals surface area contributed by atoms with E-state index in [4.69, 9.17) is 9.72 Å². The van der Waals surface area contributed by atoms with E-state index in [1.807, 2.05) is 49.4 Å². The molecule has 0 aliphatic rings. The van der Waals surface area contributed by atoms with Crippen molar-refractivity contribution in [2.24, 2.45) is 0 Å². The quantitative estimate of drug-likeness (QED) is 0.315. The van der Waals surface area contributed by atoms with Crippen LogP contribution in [0.4, 0.5) is 4.39 Å². The molecule has 3 aromatic carbocycles. The first-order chi connectivity index (χ1) is 17.0. The minimum Gasteiger partial charge on any atom is -0.385 e. The number of hydrogen-bond acceptors (Lipinski definition) is 4. The Hall–Kier alpha value is -3.84. The molecule has 0 spiro atoms. The third kappa shape index (κ3) is 5.15. The van der Waals surface area contributed by atoms with Gasteiger partial charge in [-0.3, -0.25) is 14.2 Å². The largest absolute Gasteiger partial charge is 0.385 e. The van der Waals surface area contributed by atoms with E-state index >= 15 is 0 Å². The van der Waals surface area contributed by atoms with Crippen molar-refractivity contribution in [2.45, 2.75) is 25.8 Å². The van der Waals surface area contributed by atoms with Crippen molar-refractivity contribution in [1.82, 2.24) is 14.5 Å². The molecular weight excluding hydrogens is 445 g/mol. The van der Waals surface area contributed by atoms with Crippen LogP contribution in [0.15, 0.2) is 83.7 Å². The number of carbonyl (C=O) groups excluding carboxylic acids is 1. The fourth-order valence-electron chi connectivity index (χ4n) is 4.31. The van der Waals surface area contributed by atoms with E-state index < -0.39 is 11.9 Å². The third-order valence-corrected chi connectivity index (χ3v) is 5.96. The van der Waals surface area contributed by atoms with E-state index in [1.54, 1.807) is 34.8 Å². The minimum absolute atomic E-state index is 0.203. The second-order valence-electron chi connectivity index (χ2n) is 8.24. The molecule has 0 fully saturated rings. The summed E-state index contributed by atoms with van der Waals surface area (Å²) in [7, 11) is 1.61. The van der Waals surface area contributed by atoms with Crippen molar-refractivity contribution < 1.29 is 13.9 Å². The Morgan fingerprint density at radius 2 is 1.80 bits per heavy atom. The summed E-state index contributed by atoms with van der Waals surface area (Å²) in [6.45, 7) is 2.77. The normalized spacial score (nSPS) is 12.0. The van der Waals surface area contributed by atoms with Crippen LogP contribution in [0, 0.1) is 5.82 Å². The molecule has 1 atom stereocenters. The summed E-state index contributed by atoms with van der Waals surface area (Å²) in [5.41, 5.74) is 1.27. The van der Waals surface area contributed by atoms with Gasteiger partial charge in [0.2, 0.25) is 0 Å². The van der Waals surface area contributed by atoms with Crippen molar-refractivity contribution >= 4 is 16.8 Å². The Morgan fingerprint density at radius 3 is 2.51 bits per heavy atom. The average Bonchev–Trinajstić information content (AvgIpc) is 2.88. The third-order valence-electron chi connectivity index (χ3n) is 5.96. The molecule has 6 nitrogen and oxygen atoms in total. The first kappa shape index (κ1) is 24.3. The maximum Gasteiger partial charge on any atom is 0.266 e. The molecule has 0 radical (unpaired) electrons. The monoisotopic (exact) mass is 473 g/mol. The molecule has 1 amide bonds. The van der Waals surface area contributed by atoms with Gasteiger partial charge in [0.05, 0.1) is 22.6 Å². The second kappa shape index (κ2) is 11.1. The van der Waals surface area contributed by atoms with Crippen LogP contribution < -0.4 is 5.56 Å². The van der Waals surface area contributed by atoms with Crippen LogP contribution in [0.2, 0.25) is 0 Å². The SMILES string of the molecule is CCC(c1nc2ccccc2c(=O)n1-c1ccccc1)N(CCCOC)C(=O)c1cccc(F)c1. The van der Waals surface area contributed by atoms with Gasteiger partial charge in [0, 0.05) is 25.8 Å². The minimum atomic E-state index is -0.528. The first-order valence-corrected chi connectivity index (χ1v) is 11.7. The van der Waals surface area contributed by atoms with E-state index in [0.717, 1.165) is 0 Å². The molecule has 4 rings (SSSR count). The van der Waals surface area contributed by atoms with E-state index in [2.05, 4.69) is 0 Å². The number of methoxy groups -OCH3 is 1. The molecule has 0 bridgehead atoms. The van der Waals surface area contributed by atoms with Gasteiger partial charge in [-0.1, -0.05) is 43.3 Å². The highest BCUT2D eigenvalue weighted by molar-refractivity contribution is 5.94. The standard InChI is InChI=1S/C28H28FN3O3/c1-3-25(31(17-10-18-35-2)27(33)20-11-9-12-21(29)19-20)26-30-24-16-8-7-15-23(24)28(34)32(26)22-13-5-4-6-14-22/h4-9,11-16,19,25H,3,10,17-18H2,1-2H3. The number of fused-ring (bicyclic) bond motifs is 1. The summed E-state index contributed by atoms with van der Waals surface area (Å²) in [5.74, 6) is -0.343. The number of halogens is 1. The van der Waals surface area contributed by atoms with Crippen molar-refractivity contribution in [1.29, 1.82) is 0 Å². The van der Waals surface area contributed by atoms with Crippen molar-refractivity contribution in [3.8, 4) is 5.69 Å². The number of amides is 1. The summed E-state index contributed by atoms with van der Waals surface area (Å²) < 4.78 is 20.8. The number of para-hydroxylation sites is 2. The van der Waals surface area contributed by atoms with Crippen LogP contribution in [0.25, 0.3) is 16.6 Å². The van der Waals surface area contributed by atoms with E-state index in [9.17, 15) is 14.0 Å². The lowest BCUT2D eigenvalue weighted by Gasteiger charge is -2.32. The Labute approximate surface area is 203 Å². The van der Waals surface area contributed by atoms with Gasteiger partial charge in [0.15, 0.2) is 0 Å². The predicted octanol–water partition coefficient (Wildman–Crippen LogP) is 5.15. The number of ether oxygens (including phenoxy) is 1. The number of rotatable bonds is 9. The molecule has 0 aliphatic carbocycles. The maximum atomic E-state index is 14.0. The van der Waals surface area contributed by atoms with Crippen LogP contribution in [-0.4, -0.2) is 40.6 Å². The highest BCUT2D eigenvalue weighted by Gasteiger charge is 2.29. The summed E-state index contributed by atoms with van der Waals surface area (Å²) in [6.07, 6.45) is 1.09. The molecule has 180 valence electrons. The van der Waals surface area contributed by atoms with E-state index in [0.29, 0.717) is 48.4 Å². The molecule has 1 aromatic heterocycles. The number of benzene rings is 3. The van der Waals surface area contributed by atoms with Crippen LogP contribution in [0.5, 0.6) is 0 Å². The highest BCUT2D eigenvalue weighted by Crippen LogP contribution is 2.28. The van der Waals surface area contributed by atoms with Crippen molar-refractivity contribution in [2.75, 3.05) is 20.3 Å². The zero-order chi connectivity index (χ0) is 24.8. The lowest BCUT2D eigenvalue weighted by atomic mass is 10.1. The second-order valence-corrected chi connectivity index (χ2v) is 8.24. The Balaban J connectivity index is 1.91. The van der Waals surface area contributed by atoms with Gasteiger partial charge < -0.3 is 9.64 Å². The zero-order valence-corrected chi connectivity index (χ0v) is 19.9. The predicted molar refractivity (Wildman–Crippen MR) is 134 cm³/mol. The van der Waals surface area contributed by atoms with Gasteiger partial charge >= 0.3 is 0 Å². The lowest BCUT2D eigenvalue weighted by Crippen LogP contribution is -2.39. The van der Waals surface area contributed by atoms with Gasteiger partial charge in [-0.15, -0.1) is 0 Å². The van der Waals surface area contributed by atoms with Gasteiger partial charge in [-0.2, -0.15) is 0 Å². The molecule has 1 heterocycles. The van der Waals surface area contributed by atoms with Crippen LogP contribution >= 0.6 is 0 Å². The maximum absolute atomic E-state index is 14.0. The molecule has 35 heavy (non-hydrogen) atoms. The Bertz CT molecular complexity index is 1370. The van der Waals surface area contributed by atoms with Gasteiger partial charge in [-0.25, -0.2) is 9.37 Å². The summed E-state index contributed by atoms with van der Waals surface area (Å²) in [4.78, 5) is 33.9. The molecule has 0 aliphatic heterocycles. The topological polar surface area (TPSA) is 64.4 Å². The van der Waals surface area contributed by atoms with E-state index in [-0.39, 0.29) is 17.0 Å². The zero-order valence-electron chi connectivity index (χ0n) is 19.9. The summed E-state index contributed by atoms with van der Waals surface area (Å²) in [5, 5.41) is 0.498. The lowest BCUT2D eigenvalue weighted by molar-refractivity contribution is 0.0633. The fraction of sp³-hybridized carbons (Fsp3) is 0.250. The summed E-state index contributed by atoms with van der Waals surface area (Å²) in [6, 6.07) is 21.6. The number of aromatic nitrogens is 2. The van der Waals surface area contributed by atoms with Crippen molar-refractivity contribution in [3.05, 3.63) is 106 Å². The highest BCUT2D eigenvalue weighted by atomic mass is 19.1. The van der Waals surface area contributed by atoms with Gasteiger partial charge in [-0.05, 0) is 55.3 Å². The van der Waals surface area contributed by atoms with Gasteiger partial charge in [0.1, 0.15) is 11.6 Å². The van der Waals surface area contributed by atoms with E-state index in [1.165, 1.54) is 18.2 Å². The molecule has 4 aromatic rings. The molecule has 0 saturated carbocycles.